The zero-order valence-electron chi connectivity index (χ0n) is 8.95. The van der Waals surface area contributed by atoms with Crippen molar-refractivity contribution in [3.05, 3.63) is 59.7 Å². The summed E-state index contributed by atoms with van der Waals surface area (Å²) in [7, 11) is 0. The Bertz CT molecular complexity index is 446. The molecule has 0 spiro atoms. The van der Waals surface area contributed by atoms with Gasteiger partial charge in [-0.05, 0) is 43.7 Å². The van der Waals surface area contributed by atoms with Crippen LogP contribution in [0.15, 0.2) is 42.5 Å². The lowest BCUT2D eigenvalue weighted by atomic mass is 10.1. The van der Waals surface area contributed by atoms with Gasteiger partial charge in [0.05, 0.1) is 0 Å². The van der Waals surface area contributed by atoms with Crippen molar-refractivity contribution >= 4 is 0 Å². The number of hydrogen-bond acceptors (Lipinski definition) is 1. The molecule has 0 amide bonds. The van der Waals surface area contributed by atoms with E-state index in [1.165, 1.54) is 5.56 Å². The molecular formula is C14H13O. The summed E-state index contributed by atoms with van der Waals surface area (Å²) < 4.78 is 5.74. The second-order valence-electron chi connectivity index (χ2n) is 3.61. The average Bonchev–Trinajstić information content (AvgIpc) is 2.24. The normalized spacial score (nSPS) is 10.0. The van der Waals surface area contributed by atoms with E-state index in [0.717, 1.165) is 17.1 Å². The van der Waals surface area contributed by atoms with Crippen molar-refractivity contribution in [2.45, 2.75) is 13.8 Å². The van der Waals surface area contributed by atoms with Gasteiger partial charge in [-0.3, -0.25) is 0 Å². The molecule has 0 aliphatic rings. The molecule has 1 heteroatoms. The molecule has 0 saturated carbocycles. The molecule has 0 saturated heterocycles. The van der Waals surface area contributed by atoms with E-state index in [4.69, 9.17) is 4.74 Å². The molecule has 0 unspecified atom stereocenters. The average molecular weight is 197 g/mol. The van der Waals surface area contributed by atoms with Gasteiger partial charge in [-0.1, -0.05) is 29.8 Å². The first-order valence-corrected chi connectivity index (χ1v) is 4.97. The minimum atomic E-state index is 0.848. The summed E-state index contributed by atoms with van der Waals surface area (Å²) >= 11 is 0. The van der Waals surface area contributed by atoms with Gasteiger partial charge in [0.25, 0.3) is 0 Å². The van der Waals surface area contributed by atoms with Gasteiger partial charge in [-0.2, -0.15) is 0 Å². The first-order valence-electron chi connectivity index (χ1n) is 4.97. The molecule has 75 valence electrons. The Morgan fingerprint density at radius 3 is 2.40 bits per heavy atom. The van der Waals surface area contributed by atoms with Crippen LogP contribution in [0.5, 0.6) is 11.5 Å². The van der Waals surface area contributed by atoms with E-state index in [9.17, 15) is 0 Å². The standard InChI is InChI=1S/C14H13O/c1-11-8-9-14(12(2)10-11)15-13-6-4-3-5-7-13/h4-10H,1-2H3. The van der Waals surface area contributed by atoms with E-state index in [0.29, 0.717) is 0 Å². The molecule has 2 rings (SSSR count). The van der Waals surface area contributed by atoms with Crippen molar-refractivity contribution in [3.63, 3.8) is 0 Å². The lowest BCUT2D eigenvalue weighted by molar-refractivity contribution is 0.479. The van der Waals surface area contributed by atoms with Gasteiger partial charge in [0.15, 0.2) is 0 Å². The zero-order chi connectivity index (χ0) is 10.7. The van der Waals surface area contributed by atoms with Gasteiger partial charge in [-0.15, -0.1) is 0 Å². The predicted molar refractivity (Wildman–Crippen MR) is 61.3 cm³/mol. The van der Waals surface area contributed by atoms with Gasteiger partial charge in [-0.25, -0.2) is 0 Å². The maximum atomic E-state index is 5.74. The molecule has 1 radical (unpaired) electrons. The summed E-state index contributed by atoms with van der Waals surface area (Å²) in [6.45, 7) is 4.13. The Morgan fingerprint density at radius 2 is 1.73 bits per heavy atom. The Kier molecular flexibility index (Phi) is 2.72. The van der Waals surface area contributed by atoms with E-state index in [1.807, 2.05) is 30.3 Å². The van der Waals surface area contributed by atoms with Gasteiger partial charge in [0, 0.05) is 0 Å². The van der Waals surface area contributed by atoms with Crippen LogP contribution in [-0.2, 0) is 0 Å². The summed E-state index contributed by atoms with van der Waals surface area (Å²) in [4.78, 5) is 0. The Balaban J connectivity index is 2.25. The molecule has 0 aliphatic heterocycles. The van der Waals surface area contributed by atoms with E-state index < -0.39 is 0 Å². The zero-order valence-corrected chi connectivity index (χ0v) is 8.95. The van der Waals surface area contributed by atoms with Crippen LogP contribution in [0.3, 0.4) is 0 Å². The Labute approximate surface area is 90.3 Å². The number of benzene rings is 2. The third kappa shape index (κ3) is 2.38. The highest BCUT2D eigenvalue weighted by molar-refractivity contribution is 5.39. The fraction of sp³-hybridized carbons (Fsp3) is 0.143. The molecule has 0 atom stereocenters. The highest BCUT2D eigenvalue weighted by Gasteiger charge is 2.00. The Hall–Kier alpha value is -1.76. The second-order valence-corrected chi connectivity index (χ2v) is 3.61. The van der Waals surface area contributed by atoms with Gasteiger partial charge >= 0.3 is 0 Å². The van der Waals surface area contributed by atoms with E-state index in [1.54, 1.807) is 0 Å². The van der Waals surface area contributed by atoms with Crippen LogP contribution in [0.1, 0.15) is 11.1 Å². The summed E-state index contributed by atoms with van der Waals surface area (Å²) in [6.07, 6.45) is 0. The van der Waals surface area contributed by atoms with Gasteiger partial charge < -0.3 is 4.74 Å². The van der Waals surface area contributed by atoms with Crippen molar-refractivity contribution < 1.29 is 4.74 Å². The summed E-state index contributed by atoms with van der Waals surface area (Å²) in [5.74, 6) is 1.76. The quantitative estimate of drug-likeness (QED) is 0.709. The number of rotatable bonds is 2. The lowest BCUT2D eigenvalue weighted by Crippen LogP contribution is -1.87. The smallest absolute Gasteiger partial charge is 0.130 e. The number of aryl methyl sites for hydroxylation is 2. The molecule has 2 aromatic rings. The third-order valence-electron chi connectivity index (χ3n) is 2.25. The van der Waals surface area contributed by atoms with Crippen LogP contribution in [0.4, 0.5) is 0 Å². The summed E-state index contributed by atoms with van der Waals surface area (Å²) in [6, 6.07) is 16.6. The monoisotopic (exact) mass is 197 g/mol. The predicted octanol–water partition coefficient (Wildman–Crippen LogP) is 3.90. The molecule has 1 nitrogen and oxygen atoms in total. The SMILES string of the molecule is Cc1ccc(Oc2cc[c]cc2)c(C)c1. The maximum Gasteiger partial charge on any atom is 0.130 e. The molecule has 2 aromatic carbocycles. The van der Waals surface area contributed by atoms with Crippen molar-refractivity contribution in [1.29, 1.82) is 0 Å². The van der Waals surface area contributed by atoms with Crippen LogP contribution in [0.2, 0.25) is 0 Å². The van der Waals surface area contributed by atoms with E-state index >= 15 is 0 Å². The molecule has 0 bridgehead atoms. The molecule has 0 heterocycles. The molecule has 0 aromatic heterocycles. The van der Waals surface area contributed by atoms with E-state index in [2.05, 4.69) is 32.0 Å². The highest BCUT2D eigenvalue weighted by Crippen LogP contribution is 2.24. The first-order chi connectivity index (χ1) is 7.25. The van der Waals surface area contributed by atoms with Crippen LogP contribution in [-0.4, -0.2) is 0 Å². The van der Waals surface area contributed by atoms with Crippen LogP contribution in [0.25, 0.3) is 0 Å². The van der Waals surface area contributed by atoms with Crippen LogP contribution >= 0.6 is 0 Å². The number of hydrogen-bond donors (Lipinski definition) is 0. The van der Waals surface area contributed by atoms with E-state index in [-0.39, 0.29) is 0 Å². The van der Waals surface area contributed by atoms with Crippen LogP contribution in [0, 0.1) is 19.9 Å². The highest BCUT2D eigenvalue weighted by atomic mass is 16.5. The topological polar surface area (TPSA) is 9.23 Å². The fourth-order valence-electron chi connectivity index (χ4n) is 1.48. The molecular weight excluding hydrogens is 184 g/mol. The number of ether oxygens (including phenoxy) is 1. The third-order valence-corrected chi connectivity index (χ3v) is 2.25. The molecule has 0 fully saturated rings. The van der Waals surface area contributed by atoms with Crippen molar-refractivity contribution in [3.8, 4) is 11.5 Å². The second kappa shape index (κ2) is 4.18. The molecule has 0 N–H and O–H groups in total. The Morgan fingerprint density at radius 1 is 1.00 bits per heavy atom. The van der Waals surface area contributed by atoms with Gasteiger partial charge in [0.2, 0.25) is 0 Å². The van der Waals surface area contributed by atoms with Crippen molar-refractivity contribution in [1.82, 2.24) is 0 Å². The first kappa shape index (κ1) is 9.78. The molecule has 0 aliphatic carbocycles. The minimum Gasteiger partial charge on any atom is -0.457 e. The maximum absolute atomic E-state index is 5.74. The van der Waals surface area contributed by atoms with Crippen molar-refractivity contribution in [2.24, 2.45) is 0 Å². The fourth-order valence-corrected chi connectivity index (χ4v) is 1.48. The molecule has 15 heavy (non-hydrogen) atoms. The summed E-state index contributed by atoms with van der Waals surface area (Å²) in [5, 5.41) is 0. The largest absolute Gasteiger partial charge is 0.457 e. The van der Waals surface area contributed by atoms with Crippen molar-refractivity contribution in [2.75, 3.05) is 0 Å². The van der Waals surface area contributed by atoms with Gasteiger partial charge in [0.1, 0.15) is 11.5 Å². The summed E-state index contributed by atoms with van der Waals surface area (Å²) in [5.41, 5.74) is 2.41. The van der Waals surface area contributed by atoms with Crippen LogP contribution < -0.4 is 4.74 Å². The lowest BCUT2D eigenvalue weighted by Gasteiger charge is -2.08. The minimum absolute atomic E-state index is 0.848.